The van der Waals surface area contributed by atoms with E-state index < -0.39 is 12.3 Å². The Morgan fingerprint density at radius 3 is 2.24 bits per heavy atom. The average Bonchev–Trinajstić information content (AvgIpc) is 2.44. The minimum atomic E-state index is -4.51. The highest BCUT2D eigenvalue weighted by Gasteiger charge is 2.49. The molecule has 1 aromatic rings. The Balaban J connectivity index is 1.61. The fourth-order valence-corrected chi connectivity index (χ4v) is 3.67. The molecule has 0 spiro atoms. The molecule has 3 aliphatic rings. The van der Waals surface area contributed by atoms with Gasteiger partial charge in [0.2, 0.25) is 0 Å². The number of aryl methyl sites for hydroxylation is 1. The van der Waals surface area contributed by atoms with Gasteiger partial charge in [0.05, 0.1) is 0 Å². The van der Waals surface area contributed by atoms with Gasteiger partial charge in [-0.2, -0.15) is 13.2 Å². The third kappa shape index (κ3) is 2.94. The van der Waals surface area contributed by atoms with Crippen molar-refractivity contribution in [3.05, 3.63) is 35.4 Å². The van der Waals surface area contributed by atoms with Gasteiger partial charge in [-0.25, -0.2) is 0 Å². The van der Waals surface area contributed by atoms with Gasteiger partial charge in [0.25, 0.3) is 0 Å². The van der Waals surface area contributed by atoms with Gasteiger partial charge in [-0.05, 0) is 37.7 Å². The molecule has 2 saturated heterocycles. The molecule has 3 fully saturated rings. The second kappa shape index (κ2) is 5.29. The summed E-state index contributed by atoms with van der Waals surface area (Å²) in [6.07, 6.45) is -3.99. The van der Waals surface area contributed by atoms with Gasteiger partial charge in [0.1, 0.15) is 0 Å². The number of hydrogen-bond acceptors (Lipinski definition) is 2. The Kier molecular flexibility index (Phi) is 3.74. The highest BCUT2D eigenvalue weighted by atomic mass is 19.4. The molecule has 0 radical (unpaired) electrons. The monoisotopic (exact) mass is 299 g/mol. The Labute approximate surface area is 122 Å². The van der Waals surface area contributed by atoms with Gasteiger partial charge in [-0.1, -0.05) is 29.8 Å². The van der Waals surface area contributed by atoms with Crippen LogP contribution in [0.15, 0.2) is 24.3 Å². The molecule has 2 aliphatic heterocycles. The highest BCUT2D eigenvalue weighted by molar-refractivity contribution is 5.26. The van der Waals surface area contributed by atoms with Crippen molar-refractivity contribution in [2.75, 3.05) is 6.54 Å². The maximum absolute atomic E-state index is 12.4. The summed E-state index contributed by atoms with van der Waals surface area (Å²) < 4.78 is 37.3. The van der Waals surface area contributed by atoms with E-state index in [1.807, 2.05) is 11.8 Å². The SMILES string of the molecule is Cc1ccc(C2CC3C[C@@H](C2)N3CC(O)C(F)(F)F)cc1. The van der Waals surface area contributed by atoms with E-state index in [9.17, 15) is 18.3 Å². The summed E-state index contributed by atoms with van der Waals surface area (Å²) >= 11 is 0. The van der Waals surface area contributed by atoms with Crippen molar-refractivity contribution in [3.63, 3.8) is 0 Å². The molecular weight excluding hydrogens is 279 g/mol. The normalized spacial score (nSPS) is 30.8. The Hall–Kier alpha value is -1.07. The predicted octanol–water partition coefficient (Wildman–Crippen LogP) is 3.24. The van der Waals surface area contributed by atoms with E-state index in [-0.39, 0.29) is 18.6 Å². The Bertz CT molecular complexity index is 487. The molecule has 1 saturated carbocycles. The smallest absolute Gasteiger partial charge is 0.382 e. The first kappa shape index (κ1) is 14.9. The fraction of sp³-hybridized carbons (Fsp3) is 0.625. The largest absolute Gasteiger partial charge is 0.415 e. The topological polar surface area (TPSA) is 23.5 Å². The van der Waals surface area contributed by atoms with Crippen molar-refractivity contribution in [3.8, 4) is 0 Å². The molecular formula is C16H20F3NO. The van der Waals surface area contributed by atoms with Crippen LogP contribution in [0.1, 0.15) is 36.3 Å². The van der Waals surface area contributed by atoms with Crippen molar-refractivity contribution < 1.29 is 18.3 Å². The van der Waals surface area contributed by atoms with Crippen LogP contribution in [0.5, 0.6) is 0 Å². The van der Waals surface area contributed by atoms with Crippen LogP contribution in [0, 0.1) is 6.92 Å². The number of aliphatic hydroxyl groups is 1. The summed E-state index contributed by atoms with van der Waals surface area (Å²) in [4.78, 5) is 1.84. The molecule has 21 heavy (non-hydrogen) atoms. The molecule has 5 heteroatoms. The third-order valence-corrected chi connectivity index (χ3v) is 4.91. The molecule has 1 aliphatic carbocycles. The molecule has 2 heterocycles. The summed E-state index contributed by atoms with van der Waals surface area (Å²) in [6, 6.07) is 8.79. The molecule has 0 aromatic heterocycles. The lowest BCUT2D eigenvalue weighted by Crippen LogP contribution is -2.63. The predicted molar refractivity (Wildman–Crippen MR) is 74.1 cm³/mol. The third-order valence-electron chi connectivity index (χ3n) is 4.91. The lowest BCUT2D eigenvalue weighted by atomic mass is 9.71. The maximum Gasteiger partial charge on any atom is 0.415 e. The van der Waals surface area contributed by atoms with E-state index in [2.05, 4.69) is 24.3 Å². The first-order valence-corrected chi connectivity index (χ1v) is 7.41. The highest BCUT2D eigenvalue weighted by Crippen LogP contribution is 2.45. The second-order valence-corrected chi connectivity index (χ2v) is 6.38. The molecule has 2 nitrogen and oxygen atoms in total. The minimum absolute atomic E-state index is 0.187. The maximum atomic E-state index is 12.4. The van der Waals surface area contributed by atoms with Crippen LogP contribution in [0.2, 0.25) is 0 Å². The van der Waals surface area contributed by atoms with Crippen molar-refractivity contribution in [1.29, 1.82) is 0 Å². The molecule has 4 atom stereocenters. The van der Waals surface area contributed by atoms with Crippen LogP contribution in [0.25, 0.3) is 0 Å². The van der Waals surface area contributed by atoms with E-state index >= 15 is 0 Å². The molecule has 3 unspecified atom stereocenters. The van der Waals surface area contributed by atoms with E-state index in [1.54, 1.807) is 0 Å². The fourth-order valence-electron chi connectivity index (χ4n) is 3.67. The van der Waals surface area contributed by atoms with Gasteiger partial charge in [0.15, 0.2) is 6.10 Å². The Morgan fingerprint density at radius 2 is 1.71 bits per heavy atom. The zero-order chi connectivity index (χ0) is 15.2. The molecule has 2 bridgehead atoms. The molecule has 116 valence electrons. The first-order chi connectivity index (χ1) is 9.84. The number of aliphatic hydroxyl groups excluding tert-OH is 1. The number of fused-ring (bicyclic) bond motifs is 2. The van der Waals surface area contributed by atoms with Gasteiger partial charge in [0, 0.05) is 18.6 Å². The van der Waals surface area contributed by atoms with Crippen molar-refractivity contribution in [1.82, 2.24) is 4.90 Å². The van der Waals surface area contributed by atoms with Gasteiger partial charge in [-0.3, -0.25) is 4.90 Å². The number of benzene rings is 1. The van der Waals surface area contributed by atoms with Gasteiger partial charge in [-0.15, -0.1) is 0 Å². The van der Waals surface area contributed by atoms with E-state index in [1.165, 1.54) is 11.1 Å². The summed E-state index contributed by atoms with van der Waals surface area (Å²) in [6.45, 7) is 1.77. The molecule has 4 rings (SSSR count). The number of hydrogen-bond donors (Lipinski definition) is 1. The zero-order valence-electron chi connectivity index (χ0n) is 12.0. The first-order valence-electron chi connectivity index (χ1n) is 7.41. The molecule has 1 aromatic carbocycles. The molecule has 1 N–H and O–H groups in total. The number of piperidine rings is 1. The number of rotatable bonds is 3. The standard InChI is InChI=1S/C16H20F3NO/c1-10-2-4-11(5-3-10)12-6-13-8-14(7-12)20(13)9-15(21)16(17,18)19/h2-5,12-15,21H,6-9H2,1H3/t12?,13-,14?,15?/m1/s1. The van der Waals surface area contributed by atoms with Gasteiger partial charge < -0.3 is 5.11 Å². The van der Waals surface area contributed by atoms with E-state index in [0.717, 1.165) is 19.3 Å². The lowest BCUT2D eigenvalue weighted by molar-refractivity contribution is -0.218. The van der Waals surface area contributed by atoms with Crippen LogP contribution in [0.4, 0.5) is 13.2 Å². The van der Waals surface area contributed by atoms with Crippen LogP contribution >= 0.6 is 0 Å². The summed E-state index contributed by atoms with van der Waals surface area (Å²) in [5.41, 5.74) is 2.50. The summed E-state index contributed by atoms with van der Waals surface area (Å²) in [7, 11) is 0. The van der Waals surface area contributed by atoms with Crippen LogP contribution < -0.4 is 0 Å². The van der Waals surface area contributed by atoms with Crippen LogP contribution in [-0.2, 0) is 0 Å². The quantitative estimate of drug-likeness (QED) is 0.926. The van der Waals surface area contributed by atoms with Crippen molar-refractivity contribution in [2.45, 2.75) is 56.5 Å². The average molecular weight is 299 g/mol. The van der Waals surface area contributed by atoms with Crippen molar-refractivity contribution >= 4 is 0 Å². The lowest BCUT2D eigenvalue weighted by Gasteiger charge is -2.56. The number of halogens is 3. The number of alkyl halides is 3. The minimum Gasteiger partial charge on any atom is -0.382 e. The van der Waals surface area contributed by atoms with Crippen LogP contribution in [0.3, 0.4) is 0 Å². The zero-order valence-corrected chi connectivity index (χ0v) is 12.0. The van der Waals surface area contributed by atoms with E-state index in [4.69, 9.17) is 0 Å². The van der Waals surface area contributed by atoms with Crippen molar-refractivity contribution in [2.24, 2.45) is 0 Å². The van der Waals surface area contributed by atoms with E-state index in [0.29, 0.717) is 5.92 Å². The second-order valence-electron chi connectivity index (χ2n) is 6.38. The summed E-state index contributed by atoms with van der Waals surface area (Å²) in [5, 5.41) is 9.22. The van der Waals surface area contributed by atoms with Gasteiger partial charge >= 0.3 is 6.18 Å². The molecule has 0 amide bonds. The summed E-state index contributed by atoms with van der Waals surface area (Å²) in [5.74, 6) is 0.439. The van der Waals surface area contributed by atoms with Crippen LogP contribution in [-0.4, -0.2) is 40.9 Å². The Morgan fingerprint density at radius 1 is 1.14 bits per heavy atom. The number of nitrogens with zero attached hydrogens (tertiary/aromatic N) is 1.